The van der Waals surface area contributed by atoms with Crippen molar-refractivity contribution in [3.63, 3.8) is 0 Å². The topological polar surface area (TPSA) is 86.7 Å². The van der Waals surface area contributed by atoms with Gasteiger partial charge in [-0.25, -0.2) is 0 Å². The van der Waals surface area contributed by atoms with Crippen molar-refractivity contribution in [3.05, 3.63) is 0 Å². The van der Waals surface area contributed by atoms with Crippen molar-refractivity contribution < 1.29 is 28.7 Å². The zero-order valence-electron chi connectivity index (χ0n) is 11.8. The molecule has 112 valence electrons. The Hall–Kier alpha value is -1.72. The summed E-state index contributed by atoms with van der Waals surface area (Å²) in [5, 5.41) is 0. The maximum Gasteiger partial charge on any atom is 0.306 e. The van der Waals surface area contributed by atoms with Crippen molar-refractivity contribution >= 4 is 23.5 Å². The first-order valence-corrected chi connectivity index (χ1v) is 6.84. The molecule has 1 rings (SSSR count). The molecule has 0 spiro atoms. The second-order valence-corrected chi connectivity index (χ2v) is 4.76. The molecule has 0 radical (unpaired) electrons. The first-order valence-electron chi connectivity index (χ1n) is 6.84. The Bertz CT molecular complexity index is 366. The highest BCUT2D eigenvalue weighted by atomic mass is 16.5. The van der Waals surface area contributed by atoms with Crippen molar-refractivity contribution in [1.29, 1.82) is 0 Å². The van der Waals surface area contributed by atoms with Crippen LogP contribution >= 0.6 is 0 Å². The minimum Gasteiger partial charge on any atom is -0.466 e. The Morgan fingerprint density at radius 2 is 1.35 bits per heavy atom. The summed E-state index contributed by atoms with van der Waals surface area (Å²) >= 11 is 0. The molecule has 0 N–H and O–H groups in total. The number of carbonyl (C=O) groups is 4. The van der Waals surface area contributed by atoms with Gasteiger partial charge in [0.1, 0.15) is 11.6 Å². The van der Waals surface area contributed by atoms with Crippen LogP contribution in [0.2, 0.25) is 0 Å². The van der Waals surface area contributed by atoms with Crippen molar-refractivity contribution in [1.82, 2.24) is 0 Å². The average molecular weight is 284 g/mol. The molecule has 0 saturated heterocycles. The van der Waals surface area contributed by atoms with E-state index in [9.17, 15) is 19.2 Å². The van der Waals surface area contributed by atoms with E-state index in [0.29, 0.717) is 0 Å². The molecule has 0 aromatic heterocycles. The lowest BCUT2D eigenvalue weighted by Gasteiger charge is -2.25. The van der Waals surface area contributed by atoms with E-state index in [1.54, 1.807) is 13.8 Å². The lowest BCUT2D eigenvalue weighted by atomic mass is 9.76. The predicted octanol–water partition coefficient (Wildman–Crippen LogP) is 1.06. The molecule has 6 heteroatoms. The summed E-state index contributed by atoms with van der Waals surface area (Å²) in [5.41, 5.74) is 0. The number of rotatable bonds is 6. The Labute approximate surface area is 117 Å². The van der Waals surface area contributed by atoms with Crippen LogP contribution in [0.3, 0.4) is 0 Å². The van der Waals surface area contributed by atoms with E-state index in [4.69, 9.17) is 9.47 Å². The van der Waals surface area contributed by atoms with Crippen molar-refractivity contribution in [2.45, 2.75) is 39.5 Å². The molecule has 0 bridgehead atoms. The summed E-state index contributed by atoms with van der Waals surface area (Å²) in [6.07, 6.45) is -0.0938. The van der Waals surface area contributed by atoms with Gasteiger partial charge < -0.3 is 9.47 Å². The number of ether oxygens (including phenoxy) is 2. The largest absolute Gasteiger partial charge is 0.466 e. The van der Waals surface area contributed by atoms with Gasteiger partial charge in [0.05, 0.1) is 26.1 Å². The number of ketones is 2. The van der Waals surface area contributed by atoms with Gasteiger partial charge in [0.25, 0.3) is 0 Å². The van der Waals surface area contributed by atoms with Crippen molar-refractivity contribution in [3.8, 4) is 0 Å². The molecule has 1 aliphatic rings. The van der Waals surface area contributed by atoms with E-state index < -0.39 is 23.8 Å². The predicted molar refractivity (Wildman–Crippen MR) is 68.7 cm³/mol. The third-order valence-electron chi connectivity index (χ3n) is 3.19. The third-order valence-corrected chi connectivity index (χ3v) is 3.19. The maximum atomic E-state index is 12.2. The monoisotopic (exact) mass is 284 g/mol. The van der Waals surface area contributed by atoms with E-state index in [1.807, 2.05) is 0 Å². The first-order chi connectivity index (χ1) is 9.47. The molecule has 6 nitrogen and oxygen atoms in total. The molecule has 0 aromatic carbocycles. The van der Waals surface area contributed by atoms with Gasteiger partial charge in [-0.3, -0.25) is 19.2 Å². The number of carbonyl (C=O) groups excluding carboxylic acids is 4. The molecule has 0 aromatic rings. The Morgan fingerprint density at radius 1 is 0.950 bits per heavy atom. The highest BCUT2D eigenvalue weighted by Gasteiger charge is 2.38. The molecule has 20 heavy (non-hydrogen) atoms. The zero-order valence-corrected chi connectivity index (χ0v) is 11.8. The minimum absolute atomic E-state index is 0.0526. The van der Waals surface area contributed by atoms with E-state index in [0.717, 1.165) is 0 Å². The van der Waals surface area contributed by atoms with Crippen LogP contribution in [-0.4, -0.2) is 36.7 Å². The molecule has 2 atom stereocenters. The van der Waals surface area contributed by atoms with E-state index in [1.165, 1.54) is 0 Å². The smallest absolute Gasteiger partial charge is 0.306 e. The first kappa shape index (κ1) is 16.3. The molecule has 1 aliphatic carbocycles. The van der Waals surface area contributed by atoms with Gasteiger partial charge in [-0.2, -0.15) is 0 Å². The van der Waals surface area contributed by atoms with Gasteiger partial charge >= 0.3 is 11.9 Å². The van der Waals surface area contributed by atoms with Crippen molar-refractivity contribution in [2.75, 3.05) is 13.2 Å². The molecule has 1 fully saturated rings. The van der Waals surface area contributed by atoms with Gasteiger partial charge in [0, 0.05) is 24.7 Å². The molecular formula is C14H20O6. The van der Waals surface area contributed by atoms with Gasteiger partial charge in [-0.1, -0.05) is 0 Å². The summed E-state index contributed by atoms with van der Waals surface area (Å²) in [5.74, 6) is -2.64. The second-order valence-electron chi connectivity index (χ2n) is 4.76. The van der Waals surface area contributed by atoms with Crippen LogP contribution in [0.15, 0.2) is 0 Å². The van der Waals surface area contributed by atoms with Gasteiger partial charge in [0.2, 0.25) is 0 Å². The molecule has 0 aliphatic heterocycles. The lowest BCUT2D eigenvalue weighted by molar-refractivity contribution is -0.151. The zero-order chi connectivity index (χ0) is 15.1. The fourth-order valence-corrected chi connectivity index (χ4v) is 2.36. The van der Waals surface area contributed by atoms with Crippen LogP contribution in [0.4, 0.5) is 0 Å². The Morgan fingerprint density at radius 3 is 1.70 bits per heavy atom. The fourth-order valence-electron chi connectivity index (χ4n) is 2.36. The highest BCUT2D eigenvalue weighted by Crippen LogP contribution is 2.28. The normalized spacial score (nSPS) is 22.5. The number of Topliss-reactive ketones (excluding diaryl/α,β-unsaturated/α-hetero) is 2. The molecule has 2 unspecified atom stereocenters. The molecule has 0 amide bonds. The standard InChI is InChI=1S/C14H20O6/c1-3-19-12(16)7-9-5-11(15)6-10(14(9)18)8-13(17)20-4-2/h9-10H,3-8H2,1-2H3. The minimum atomic E-state index is -0.672. The van der Waals surface area contributed by atoms with Gasteiger partial charge in [-0.15, -0.1) is 0 Å². The Kier molecular flexibility index (Phi) is 6.35. The Balaban J connectivity index is 2.64. The molecule has 0 heterocycles. The number of esters is 2. The summed E-state index contributed by atoms with van der Waals surface area (Å²) in [6.45, 7) is 3.82. The number of hydrogen-bond acceptors (Lipinski definition) is 6. The average Bonchev–Trinajstić information content (AvgIpc) is 2.35. The quantitative estimate of drug-likeness (QED) is 0.678. The SMILES string of the molecule is CCOC(=O)CC1CC(=O)CC(CC(=O)OCC)C1=O. The summed E-state index contributed by atoms with van der Waals surface area (Å²) in [6, 6.07) is 0. The van der Waals surface area contributed by atoms with E-state index >= 15 is 0 Å². The lowest BCUT2D eigenvalue weighted by Crippen LogP contribution is -2.36. The molecule has 1 saturated carbocycles. The van der Waals surface area contributed by atoms with E-state index in [2.05, 4.69) is 0 Å². The second kappa shape index (κ2) is 7.77. The van der Waals surface area contributed by atoms with Crippen LogP contribution in [0.1, 0.15) is 39.5 Å². The van der Waals surface area contributed by atoms with Crippen LogP contribution < -0.4 is 0 Å². The maximum absolute atomic E-state index is 12.2. The summed E-state index contributed by atoms with van der Waals surface area (Å²) in [4.78, 5) is 46.7. The number of hydrogen-bond donors (Lipinski definition) is 0. The van der Waals surface area contributed by atoms with Crippen molar-refractivity contribution in [2.24, 2.45) is 11.8 Å². The highest BCUT2D eigenvalue weighted by molar-refractivity contribution is 5.99. The summed E-state index contributed by atoms with van der Waals surface area (Å²) < 4.78 is 9.58. The van der Waals surface area contributed by atoms with E-state index in [-0.39, 0.29) is 50.5 Å². The fraction of sp³-hybridized carbons (Fsp3) is 0.714. The van der Waals surface area contributed by atoms with Crippen LogP contribution in [-0.2, 0) is 28.7 Å². The van der Waals surface area contributed by atoms with Crippen LogP contribution in [0.5, 0.6) is 0 Å². The summed E-state index contributed by atoms with van der Waals surface area (Å²) in [7, 11) is 0. The van der Waals surface area contributed by atoms with Crippen LogP contribution in [0, 0.1) is 11.8 Å². The van der Waals surface area contributed by atoms with Gasteiger partial charge in [-0.05, 0) is 13.8 Å². The van der Waals surface area contributed by atoms with Crippen LogP contribution in [0.25, 0.3) is 0 Å². The third kappa shape index (κ3) is 4.75. The van der Waals surface area contributed by atoms with Gasteiger partial charge in [0.15, 0.2) is 0 Å². The molecular weight excluding hydrogens is 264 g/mol.